The molecule has 0 aliphatic carbocycles. The van der Waals surface area contributed by atoms with Crippen molar-refractivity contribution in [3.05, 3.63) is 34.5 Å². The van der Waals surface area contributed by atoms with Crippen molar-refractivity contribution in [3.8, 4) is 0 Å². The summed E-state index contributed by atoms with van der Waals surface area (Å²) in [6.45, 7) is 6.20. The molecule has 30 heavy (non-hydrogen) atoms. The van der Waals surface area contributed by atoms with Crippen LogP contribution in [0.3, 0.4) is 0 Å². The molecule has 0 saturated carbocycles. The first kappa shape index (κ1) is 22.0. The number of hydrogen-bond acceptors (Lipinski definition) is 4. The zero-order valence-electron chi connectivity index (χ0n) is 18.1. The number of amides is 2. The van der Waals surface area contributed by atoms with E-state index in [0.717, 1.165) is 30.4 Å². The molecular formula is C22H28ClN5O2. The lowest BCUT2D eigenvalue weighted by molar-refractivity contribution is -0.110. The van der Waals surface area contributed by atoms with Gasteiger partial charge in [0.25, 0.3) is 11.8 Å². The van der Waals surface area contributed by atoms with Gasteiger partial charge in [-0.05, 0) is 43.0 Å². The Morgan fingerprint density at radius 1 is 1.23 bits per heavy atom. The van der Waals surface area contributed by atoms with Crippen molar-refractivity contribution in [2.75, 3.05) is 19.4 Å². The molecule has 0 unspecified atom stereocenters. The van der Waals surface area contributed by atoms with Gasteiger partial charge in [0, 0.05) is 32.1 Å². The van der Waals surface area contributed by atoms with Crippen molar-refractivity contribution in [3.63, 3.8) is 0 Å². The standard InChI is InChI=1S/C22H28ClN5O2/c1-6-13-11-17(24-19(13)23)20(29)26-22-25-16-12-14(21(30)27(4)5)9-10-18(16)28(22)15(7-2)8-3/h9-10,12,15H,6-8,11H2,1-5H3,(H,25,26,29). The number of fused-ring (bicyclic) bond motifs is 1. The van der Waals surface area contributed by atoms with Gasteiger partial charge >= 0.3 is 0 Å². The van der Waals surface area contributed by atoms with E-state index in [1.807, 2.05) is 17.6 Å². The highest BCUT2D eigenvalue weighted by atomic mass is 35.5. The Kier molecular flexibility index (Phi) is 6.61. The predicted octanol–water partition coefficient (Wildman–Crippen LogP) is 4.74. The number of benzene rings is 1. The summed E-state index contributed by atoms with van der Waals surface area (Å²) in [6.07, 6.45) is 2.98. The number of hydrogen-bond donors (Lipinski definition) is 1. The van der Waals surface area contributed by atoms with E-state index in [2.05, 4.69) is 29.1 Å². The summed E-state index contributed by atoms with van der Waals surface area (Å²) >= 11 is 6.14. The van der Waals surface area contributed by atoms with E-state index in [9.17, 15) is 9.59 Å². The number of imidazole rings is 1. The van der Waals surface area contributed by atoms with Crippen LogP contribution in [-0.2, 0) is 4.79 Å². The van der Waals surface area contributed by atoms with Gasteiger partial charge in [0.2, 0.25) is 5.95 Å². The van der Waals surface area contributed by atoms with Crippen LogP contribution in [0.1, 0.15) is 62.9 Å². The van der Waals surface area contributed by atoms with Crippen LogP contribution >= 0.6 is 11.6 Å². The Bertz CT molecular complexity index is 1050. The van der Waals surface area contributed by atoms with Gasteiger partial charge < -0.3 is 9.47 Å². The van der Waals surface area contributed by atoms with E-state index in [0.29, 0.717) is 34.3 Å². The lowest BCUT2D eigenvalue weighted by Crippen LogP contribution is -2.24. The fourth-order valence-electron chi connectivity index (χ4n) is 3.69. The second-order valence-electron chi connectivity index (χ2n) is 7.62. The smallest absolute Gasteiger partial charge is 0.272 e. The van der Waals surface area contributed by atoms with Crippen LogP contribution in [-0.4, -0.2) is 46.1 Å². The molecule has 2 heterocycles. The summed E-state index contributed by atoms with van der Waals surface area (Å²) < 4.78 is 2.04. The zero-order chi connectivity index (χ0) is 22.0. The summed E-state index contributed by atoms with van der Waals surface area (Å²) in [6, 6.07) is 5.63. The lowest BCUT2D eigenvalue weighted by Gasteiger charge is -2.19. The number of halogens is 1. The van der Waals surface area contributed by atoms with Crippen LogP contribution in [0, 0.1) is 0 Å². The molecule has 0 atom stereocenters. The van der Waals surface area contributed by atoms with E-state index in [-0.39, 0.29) is 17.9 Å². The molecule has 0 bridgehead atoms. The average Bonchev–Trinajstić information content (AvgIpc) is 3.28. The molecule has 0 radical (unpaired) electrons. The number of rotatable bonds is 7. The van der Waals surface area contributed by atoms with Crippen LogP contribution in [0.4, 0.5) is 5.95 Å². The van der Waals surface area contributed by atoms with Crippen molar-refractivity contribution < 1.29 is 9.59 Å². The van der Waals surface area contributed by atoms with E-state index in [4.69, 9.17) is 11.6 Å². The zero-order valence-corrected chi connectivity index (χ0v) is 18.9. The first-order valence-electron chi connectivity index (χ1n) is 10.3. The van der Waals surface area contributed by atoms with E-state index in [1.54, 1.807) is 26.2 Å². The van der Waals surface area contributed by atoms with Crippen LogP contribution in [0.25, 0.3) is 11.0 Å². The van der Waals surface area contributed by atoms with Gasteiger partial charge in [0.15, 0.2) is 0 Å². The second kappa shape index (κ2) is 9.00. The highest BCUT2D eigenvalue weighted by Gasteiger charge is 2.25. The van der Waals surface area contributed by atoms with E-state index in [1.165, 1.54) is 4.90 Å². The summed E-state index contributed by atoms with van der Waals surface area (Å²) in [5.41, 5.74) is 3.46. The molecule has 0 spiro atoms. The molecule has 2 amide bonds. The van der Waals surface area contributed by atoms with Gasteiger partial charge in [-0.2, -0.15) is 0 Å². The minimum Gasteiger partial charge on any atom is -0.345 e. The van der Waals surface area contributed by atoms with Crippen molar-refractivity contribution in [2.24, 2.45) is 4.99 Å². The fraction of sp³-hybridized carbons (Fsp3) is 0.455. The minimum atomic E-state index is -0.302. The normalized spacial score (nSPS) is 13.9. The van der Waals surface area contributed by atoms with Crippen molar-refractivity contribution in [1.29, 1.82) is 0 Å². The SMILES string of the molecule is CCC1=C(Cl)N=C(C(=O)Nc2nc3cc(C(=O)N(C)C)ccc3n2C(CC)CC)C1. The Labute approximate surface area is 181 Å². The van der Waals surface area contributed by atoms with Gasteiger partial charge in [-0.1, -0.05) is 32.4 Å². The number of carbonyl (C=O) groups is 2. The van der Waals surface area contributed by atoms with Crippen molar-refractivity contribution in [2.45, 2.75) is 52.5 Å². The Morgan fingerprint density at radius 2 is 1.93 bits per heavy atom. The molecule has 2 aromatic rings. The number of anilines is 1. The predicted molar refractivity (Wildman–Crippen MR) is 121 cm³/mol. The molecule has 1 N–H and O–H groups in total. The molecule has 0 fully saturated rings. The van der Waals surface area contributed by atoms with Crippen LogP contribution < -0.4 is 5.32 Å². The molecule has 1 aliphatic heterocycles. The van der Waals surface area contributed by atoms with E-state index < -0.39 is 0 Å². The molecule has 7 nitrogen and oxygen atoms in total. The molecule has 1 aromatic heterocycles. The summed E-state index contributed by atoms with van der Waals surface area (Å²) in [5, 5.41) is 3.33. The van der Waals surface area contributed by atoms with Crippen LogP contribution in [0.15, 0.2) is 33.9 Å². The molecule has 1 aliphatic rings. The first-order chi connectivity index (χ1) is 14.3. The topological polar surface area (TPSA) is 79.6 Å². The minimum absolute atomic E-state index is 0.0901. The monoisotopic (exact) mass is 429 g/mol. The number of nitrogens with zero attached hydrogens (tertiary/aromatic N) is 4. The molecule has 1 aromatic carbocycles. The number of nitrogens with one attached hydrogen (secondary N) is 1. The Hall–Kier alpha value is -2.67. The molecule has 0 saturated heterocycles. The van der Waals surface area contributed by atoms with Gasteiger partial charge in [0.1, 0.15) is 10.9 Å². The number of carbonyl (C=O) groups excluding carboxylic acids is 2. The second-order valence-corrected chi connectivity index (χ2v) is 7.97. The first-order valence-corrected chi connectivity index (χ1v) is 10.7. The number of allylic oxidation sites excluding steroid dienone is 1. The van der Waals surface area contributed by atoms with Crippen molar-refractivity contribution in [1.82, 2.24) is 14.5 Å². The third-order valence-corrected chi connectivity index (χ3v) is 5.82. The third-order valence-electron chi connectivity index (χ3n) is 5.47. The van der Waals surface area contributed by atoms with Crippen LogP contribution in [0.5, 0.6) is 0 Å². The highest BCUT2D eigenvalue weighted by molar-refractivity contribution is 6.46. The summed E-state index contributed by atoms with van der Waals surface area (Å²) in [4.78, 5) is 35.6. The van der Waals surface area contributed by atoms with Gasteiger partial charge in [-0.25, -0.2) is 9.98 Å². The van der Waals surface area contributed by atoms with Gasteiger partial charge in [0.05, 0.1) is 11.0 Å². The Morgan fingerprint density at radius 3 is 2.50 bits per heavy atom. The molecule has 3 rings (SSSR count). The van der Waals surface area contributed by atoms with Gasteiger partial charge in [-0.15, -0.1) is 0 Å². The molecule has 8 heteroatoms. The quantitative estimate of drug-likeness (QED) is 0.645. The lowest BCUT2D eigenvalue weighted by atomic mass is 10.1. The van der Waals surface area contributed by atoms with Crippen molar-refractivity contribution >= 4 is 46.1 Å². The maximum atomic E-state index is 12.9. The molecular weight excluding hydrogens is 402 g/mol. The third kappa shape index (κ3) is 4.12. The largest absolute Gasteiger partial charge is 0.345 e. The van der Waals surface area contributed by atoms with Crippen LogP contribution in [0.2, 0.25) is 0 Å². The average molecular weight is 430 g/mol. The summed E-state index contributed by atoms with van der Waals surface area (Å²) in [5.74, 6) is 0.0679. The number of aliphatic imine (C=N–C) groups is 1. The van der Waals surface area contributed by atoms with Gasteiger partial charge in [-0.3, -0.25) is 14.9 Å². The summed E-state index contributed by atoms with van der Waals surface area (Å²) in [7, 11) is 3.43. The fourth-order valence-corrected chi connectivity index (χ4v) is 3.99. The maximum Gasteiger partial charge on any atom is 0.272 e. The maximum absolute atomic E-state index is 12.9. The van der Waals surface area contributed by atoms with E-state index >= 15 is 0 Å². The highest BCUT2D eigenvalue weighted by Crippen LogP contribution is 2.30. The number of aromatic nitrogens is 2. The molecule has 160 valence electrons. The Balaban J connectivity index is 2.00.